The Balaban J connectivity index is 1.93. The fraction of sp³-hybridized carbons (Fsp3) is 0.222. The van der Waals surface area contributed by atoms with E-state index in [0.29, 0.717) is 23.3 Å². The van der Waals surface area contributed by atoms with Gasteiger partial charge in [0.2, 0.25) is 10.0 Å². The lowest BCUT2D eigenvalue weighted by Gasteiger charge is -2.18. The van der Waals surface area contributed by atoms with Gasteiger partial charge in [0.25, 0.3) is 17.3 Å². The van der Waals surface area contributed by atoms with Crippen molar-refractivity contribution in [1.29, 1.82) is 0 Å². The number of sulfonamides is 1. The summed E-state index contributed by atoms with van der Waals surface area (Å²) in [4.78, 5) is 37.2. The molecule has 0 bridgehead atoms. The quantitative estimate of drug-likeness (QED) is 0.379. The third-order valence-corrected chi connectivity index (χ3v) is 7.49. The van der Waals surface area contributed by atoms with Gasteiger partial charge >= 0.3 is 0 Å². The van der Waals surface area contributed by atoms with Gasteiger partial charge in [0.1, 0.15) is 0 Å². The van der Waals surface area contributed by atoms with Crippen molar-refractivity contribution in [2.45, 2.75) is 18.7 Å². The predicted octanol–water partition coefficient (Wildman–Crippen LogP) is 3.40. The number of nitro groups is 2. The predicted molar refractivity (Wildman–Crippen MR) is 117 cm³/mol. The second-order valence-corrected chi connectivity index (χ2v) is 9.41. The highest BCUT2D eigenvalue weighted by Crippen LogP contribution is 2.30. The summed E-state index contributed by atoms with van der Waals surface area (Å²) in [6.07, 6.45) is 0. The summed E-state index contributed by atoms with van der Waals surface area (Å²) in [5, 5.41) is 24.6. The zero-order valence-corrected chi connectivity index (χ0v) is 18.5. The van der Waals surface area contributed by atoms with Crippen molar-refractivity contribution < 1.29 is 23.1 Å². The molecular weight excluding hydrogens is 462 g/mol. The number of fused-ring (bicyclic) bond motifs is 1. The molecular formula is C18H17N5O7S2. The van der Waals surface area contributed by atoms with Crippen LogP contribution >= 0.6 is 11.3 Å². The van der Waals surface area contributed by atoms with E-state index in [1.807, 2.05) is 0 Å². The van der Waals surface area contributed by atoms with Gasteiger partial charge in [0.05, 0.1) is 36.6 Å². The van der Waals surface area contributed by atoms with Crippen LogP contribution in [0, 0.1) is 20.2 Å². The van der Waals surface area contributed by atoms with Crippen molar-refractivity contribution in [3.8, 4) is 0 Å². The molecule has 0 saturated heterocycles. The third-order valence-electron chi connectivity index (χ3n) is 4.51. The molecule has 0 fully saturated rings. The first-order valence-corrected chi connectivity index (χ1v) is 11.5. The van der Waals surface area contributed by atoms with Crippen LogP contribution in [-0.4, -0.2) is 46.6 Å². The summed E-state index contributed by atoms with van der Waals surface area (Å²) < 4.78 is 27.2. The average Bonchev–Trinajstić information content (AvgIpc) is 3.15. The lowest BCUT2D eigenvalue weighted by molar-refractivity contribution is -0.394. The molecule has 0 aliphatic carbocycles. The number of non-ortho nitro benzene ring substituents is 2. The van der Waals surface area contributed by atoms with Crippen LogP contribution in [0.4, 0.5) is 16.5 Å². The molecule has 2 aromatic carbocycles. The van der Waals surface area contributed by atoms with E-state index in [4.69, 9.17) is 0 Å². The maximum absolute atomic E-state index is 12.7. The van der Waals surface area contributed by atoms with E-state index in [2.05, 4.69) is 10.3 Å². The van der Waals surface area contributed by atoms with Crippen molar-refractivity contribution in [2.24, 2.45) is 0 Å². The summed E-state index contributed by atoms with van der Waals surface area (Å²) in [5.74, 6) is -0.827. The SMILES string of the molecule is CCN(CC)S(=O)(=O)c1ccc2nc(NC(=O)c3cc([N+](=O)[O-])cc([N+](=O)[O-])c3)sc2c1. The van der Waals surface area contributed by atoms with Crippen LogP contribution in [0.1, 0.15) is 24.2 Å². The molecule has 0 radical (unpaired) electrons. The largest absolute Gasteiger partial charge is 0.298 e. The molecule has 14 heteroatoms. The van der Waals surface area contributed by atoms with Gasteiger partial charge in [-0.15, -0.1) is 0 Å². The molecule has 1 heterocycles. The smallest absolute Gasteiger partial charge is 0.277 e. The van der Waals surface area contributed by atoms with Crippen molar-refractivity contribution in [3.05, 3.63) is 62.2 Å². The van der Waals surface area contributed by atoms with Crippen LogP contribution in [0.25, 0.3) is 10.2 Å². The maximum atomic E-state index is 12.7. The molecule has 12 nitrogen and oxygen atoms in total. The number of hydrogen-bond acceptors (Lipinski definition) is 9. The van der Waals surface area contributed by atoms with E-state index in [-0.39, 0.29) is 15.6 Å². The second-order valence-electron chi connectivity index (χ2n) is 6.44. The van der Waals surface area contributed by atoms with Gasteiger partial charge < -0.3 is 0 Å². The summed E-state index contributed by atoms with van der Waals surface area (Å²) >= 11 is 1.00. The molecule has 1 amide bonds. The van der Waals surface area contributed by atoms with Gasteiger partial charge in [-0.2, -0.15) is 4.31 Å². The first kappa shape index (κ1) is 23.2. The van der Waals surface area contributed by atoms with Gasteiger partial charge in [0.15, 0.2) is 5.13 Å². The molecule has 32 heavy (non-hydrogen) atoms. The zero-order valence-electron chi connectivity index (χ0n) is 16.8. The van der Waals surface area contributed by atoms with Crippen molar-refractivity contribution >= 4 is 54.0 Å². The number of nitrogens with one attached hydrogen (secondary N) is 1. The third kappa shape index (κ3) is 4.56. The molecule has 3 rings (SSSR count). The molecule has 0 aliphatic rings. The Morgan fingerprint density at radius 2 is 1.66 bits per heavy atom. The summed E-state index contributed by atoms with van der Waals surface area (Å²) in [6.45, 7) is 4.10. The molecule has 1 N–H and O–H groups in total. The highest BCUT2D eigenvalue weighted by atomic mass is 32.2. The number of anilines is 1. The lowest BCUT2D eigenvalue weighted by Crippen LogP contribution is -2.30. The van der Waals surface area contributed by atoms with Gasteiger partial charge in [-0.1, -0.05) is 25.2 Å². The number of thiazole rings is 1. The van der Waals surface area contributed by atoms with Crippen LogP contribution in [0.15, 0.2) is 41.3 Å². The number of benzene rings is 2. The lowest BCUT2D eigenvalue weighted by atomic mass is 10.1. The van der Waals surface area contributed by atoms with E-state index < -0.39 is 37.2 Å². The standard InChI is InChI=1S/C18H17N5O7S2/c1-3-21(4-2)32(29,30)14-5-6-15-16(10-14)31-18(19-15)20-17(24)11-7-12(22(25)26)9-13(8-11)23(27)28/h5-10H,3-4H2,1-2H3,(H,19,20,24). The summed E-state index contributed by atoms with van der Waals surface area (Å²) in [6, 6.07) is 6.98. The van der Waals surface area contributed by atoms with E-state index in [9.17, 15) is 33.4 Å². The highest BCUT2D eigenvalue weighted by molar-refractivity contribution is 7.89. The van der Waals surface area contributed by atoms with Crippen LogP contribution in [0.2, 0.25) is 0 Å². The Morgan fingerprint density at radius 3 is 2.19 bits per heavy atom. The average molecular weight is 479 g/mol. The van der Waals surface area contributed by atoms with Crippen LogP contribution < -0.4 is 5.32 Å². The van der Waals surface area contributed by atoms with Gasteiger partial charge in [-0.05, 0) is 18.2 Å². The van der Waals surface area contributed by atoms with Crippen LogP contribution in [0.5, 0.6) is 0 Å². The Hall–Kier alpha value is -3.49. The van der Waals surface area contributed by atoms with Crippen molar-refractivity contribution in [1.82, 2.24) is 9.29 Å². The maximum Gasteiger partial charge on any atom is 0.277 e. The Labute approximate surface area is 185 Å². The number of carbonyl (C=O) groups excluding carboxylic acids is 1. The normalized spacial score (nSPS) is 11.6. The minimum absolute atomic E-state index is 0.0875. The fourth-order valence-electron chi connectivity index (χ4n) is 2.94. The highest BCUT2D eigenvalue weighted by Gasteiger charge is 2.23. The minimum Gasteiger partial charge on any atom is -0.298 e. The van der Waals surface area contributed by atoms with Gasteiger partial charge in [-0.3, -0.25) is 30.3 Å². The van der Waals surface area contributed by atoms with Gasteiger partial charge in [-0.25, -0.2) is 13.4 Å². The fourth-order valence-corrected chi connectivity index (χ4v) is 5.40. The Kier molecular flexibility index (Phi) is 6.47. The number of amides is 1. The number of aromatic nitrogens is 1. The first-order chi connectivity index (χ1) is 15.1. The molecule has 0 aliphatic heterocycles. The van der Waals surface area contributed by atoms with Crippen molar-refractivity contribution in [3.63, 3.8) is 0 Å². The Bertz CT molecular complexity index is 1300. The first-order valence-electron chi connectivity index (χ1n) is 9.22. The van der Waals surface area contributed by atoms with Gasteiger partial charge in [0, 0.05) is 25.2 Å². The molecule has 3 aromatic rings. The topological polar surface area (TPSA) is 166 Å². The number of hydrogen-bond donors (Lipinski definition) is 1. The number of rotatable bonds is 8. The minimum atomic E-state index is -3.68. The Morgan fingerprint density at radius 1 is 1.06 bits per heavy atom. The zero-order chi connectivity index (χ0) is 23.6. The molecule has 0 unspecified atom stereocenters. The summed E-state index contributed by atoms with van der Waals surface area (Å²) in [5.41, 5.74) is -1.04. The van der Waals surface area contributed by atoms with Crippen molar-refractivity contribution in [2.75, 3.05) is 18.4 Å². The monoisotopic (exact) mass is 479 g/mol. The number of nitro benzene ring substituents is 2. The molecule has 1 aromatic heterocycles. The molecule has 0 saturated carbocycles. The number of nitrogens with zero attached hydrogens (tertiary/aromatic N) is 4. The van der Waals surface area contributed by atoms with Crippen LogP contribution in [0.3, 0.4) is 0 Å². The number of carbonyl (C=O) groups is 1. The van der Waals surface area contributed by atoms with Crippen LogP contribution in [-0.2, 0) is 10.0 Å². The molecule has 168 valence electrons. The van der Waals surface area contributed by atoms with E-state index >= 15 is 0 Å². The molecule has 0 spiro atoms. The van der Waals surface area contributed by atoms with E-state index in [1.165, 1.54) is 22.5 Å². The van der Waals surface area contributed by atoms with E-state index in [0.717, 1.165) is 29.5 Å². The van der Waals surface area contributed by atoms with E-state index in [1.54, 1.807) is 13.8 Å². The molecule has 0 atom stereocenters. The summed E-state index contributed by atoms with van der Waals surface area (Å²) in [7, 11) is -3.68. The second kappa shape index (κ2) is 8.94.